The molecule has 162 valence electrons. The van der Waals surface area contributed by atoms with E-state index < -0.39 is 5.97 Å². The molecule has 3 fully saturated rings. The third-order valence-electron chi connectivity index (χ3n) is 7.44. The van der Waals surface area contributed by atoms with Crippen LogP contribution < -0.4 is 4.87 Å². The predicted molar refractivity (Wildman–Crippen MR) is 116 cm³/mol. The number of hydrogen-bond donors (Lipinski definition) is 2. The van der Waals surface area contributed by atoms with Gasteiger partial charge in [0.15, 0.2) is 0 Å². The molecular weight excluding hydrogens is 456 g/mol. The van der Waals surface area contributed by atoms with E-state index in [4.69, 9.17) is 5.11 Å². The fraction of sp³-hybridized carbons (Fsp3) is 0.524. The average Bonchev–Trinajstić information content (AvgIpc) is 3.51. The second kappa shape index (κ2) is 7.05. The molecule has 2 bridgehead atoms. The number of carboxylic acids is 1. The second-order valence-electron chi connectivity index (χ2n) is 8.80. The maximum absolute atomic E-state index is 13.3. The van der Waals surface area contributed by atoms with Crippen molar-refractivity contribution < 1.29 is 19.5 Å². The quantitative estimate of drug-likeness (QED) is 0.643. The average molecular weight is 477 g/mol. The predicted octanol–water partition coefficient (Wildman–Crippen LogP) is 2.84. The first-order valence-corrected chi connectivity index (χ1v) is 13.0. The minimum absolute atomic E-state index is 0.0473. The van der Waals surface area contributed by atoms with Gasteiger partial charge in [0.05, 0.1) is 16.9 Å². The number of carbonyl (C=O) groups is 3. The van der Waals surface area contributed by atoms with Crippen molar-refractivity contribution in [3.8, 4) is 0 Å². The van der Waals surface area contributed by atoms with Gasteiger partial charge in [0.1, 0.15) is 0 Å². The summed E-state index contributed by atoms with van der Waals surface area (Å²) in [7, 11) is 0. The van der Waals surface area contributed by atoms with Crippen LogP contribution in [-0.4, -0.2) is 44.6 Å². The number of rotatable bonds is 5. The number of hydrogen-bond acceptors (Lipinski definition) is 7. The maximum atomic E-state index is 13.3. The molecule has 1 saturated heterocycles. The number of likely N-dealkylation sites (tertiary alicyclic amines) is 1. The van der Waals surface area contributed by atoms with Gasteiger partial charge in [-0.1, -0.05) is 17.4 Å². The van der Waals surface area contributed by atoms with Crippen LogP contribution in [-0.2, 0) is 14.4 Å². The molecule has 2 N–H and O–H groups in total. The Bertz CT molecular complexity index is 1140. The Morgan fingerprint density at radius 3 is 2.68 bits per heavy atom. The van der Waals surface area contributed by atoms with Gasteiger partial charge in [0, 0.05) is 33.9 Å². The standard InChI is InChI=1S/C21H20N2O5S3/c24-11(25)4-1-5-23-19(26)13-8-7-9(14(13)20(23)27)16-12(8)15(10-3-2-6-29-10)17-18(30-16)22-21(28)31-17/h2-3,6,8-9,12-16H,1,4-5,7H2,(H,22,28)(H,24,25)/t8-,9-,12+,13-,14+,15-,16-/m1/s1. The summed E-state index contributed by atoms with van der Waals surface area (Å²) in [4.78, 5) is 56.0. The van der Waals surface area contributed by atoms with Crippen LogP contribution in [0.15, 0.2) is 27.3 Å². The minimum atomic E-state index is -0.916. The Morgan fingerprint density at radius 2 is 1.97 bits per heavy atom. The van der Waals surface area contributed by atoms with Crippen LogP contribution in [0.4, 0.5) is 0 Å². The normalized spacial score (nSPS) is 35.4. The molecule has 2 amide bonds. The Kier molecular flexibility index (Phi) is 4.49. The number of aliphatic carboxylic acids is 1. The lowest BCUT2D eigenvalue weighted by Crippen LogP contribution is -2.42. The number of H-pyrrole nitrogens is 1. The van der Waals surface area contributed by atoms with E-state index in [1.54, 1.807) is 23.1 Å². The number of aromatic amines is 1. The van der Waals surface area contributed by atoms with Crippen molar-refractivity contribution in [2.75, 3.05) is 6.54 Å². The van der Waals surface area contributed by atoms with Crippen molar-refractivity contribution >= 4 is 52.2 Å². The summed E-state index contributed by atoms with van der Waals surface area (Å²) in [5.41, 5.74) is 0. The first-order valence-electron chi connectivity index (χ1n) is 10.5. The van der Waals surface area contributed by atoms with E-state index in [2.05, 4.69) is 11.1 Å². The van der Waals surface area contributed by atoms with Gasteiger partial charge in [0.25, 0.3) is 0 Å². The van der Waals surface area contributed by atoms with Crippen LogP contribution in [0.5, 0.6) is 0 Å². The number of nitrogens with zero attached hydrogens (tertiary/aromatic N) is 1. The number of thiazole rings is 1. The molecule has 4 aliphatic rings. The summed E-state index contributed by atoms with van der Waals surface area (Å²) in [6, 6.07) is 4.13. The lowest BCUT2D eigenvalue weighted by molar-refractivity contribution is -0.142. The number of fused-ring (bicyclic) bond motifs is 9. The number of carbonyl (C=O) groups excluding carboxylic acids is 2. The molecule has 2 saturated carbocycles. The third-order valence-corrected chi connectivity index (χ3v) is 11.0. The molecule has 2 aromatic heterocycles. The number of nitrogens with one attached hydrogen (secondary N) is 1. The van der Waals surface area contributed by atoms with Crippen molar-refractivity contribution in [2.24, 2.45) is 29.6 Å². The molecule has 2 aliphatic carbocycles. The van der Waals surface area contributed by atoms with Crippen molar-refractivity contribution in [1.29, 1.82) is 0 Å². The van der Waals surface area contributed by atoms with E-state index >= 15 is 0 Å². The summed E-state index contributed by atoms with van der Waals surface area (Å²) in [5.74, 6) is -1.21. The molecule has 0 radical (unpaired) electrons. The Labute approximate surface area is 189 Å². The van der Waals surface area contributed by atoms with Crippen molar-refractivity contribution in [1.82, 2.24) is 9.88 Å². The molecular formula is C21H20N2O5S3. The zero-order valence-electron chi connectivity index (χ0n) is 16.4. The van der Waals surface area contributed by atoms with Gasteiger partial charge in [0.2, 0.25) is 11.8 Å². The molecule has 4 heterocycles. The van der Waals surface area contributed by atoms with Gasteiger partial charge in [-0.3, -0.25) is 24.1 Å². The van der Waals surface area contributed by atoms with Gasteiger partial charge in [-0.05, 0) is 42.0 Å². The van der Waals surface area contributed by atoms with Crippen molar-refractivity contribution in [3.05, 3.63) is 36.9 Å². The zero-order valence-corrected chi connectivity index (χ0v) is 18.8. The number of aromatic nitrogens is 1. The maximum Gasteiger partial charge on any atom is 0.305 e. The fourth-order valence-corrected chi connectivity index (χ4v) is 10.3. The summed E-state index contributed by atoms with van der Waals surface area (Å²) in [6.07, 6.45) is 1.12. The lowest BCUT2D eigenvalue weighted by atomic mass is 9.69. The van der Waals surface area contributed by atoms with Gasteiger partial charge in [-0.15, -0.1) is 23.1 Å². The van der Waals surface area contributed by atoms with Gasteiger partial charge >= 0.3 is 10.8 Å². The highest BCUT2D eigenvalue weighted by molar-refractivity contribution is 8.00. The number of carboxylic acid groups (broad SMARTS) is 1. The van der Waals surface area contributed by atoms with E-state index in [0.717, 1.165) is 16.3 Å². The van der Waals surface area contributed by atoms with Gasteiger partial charge in [-0.25, -0.2) is 0 Å². The molecule has 0 unspecified atom stereocenters. The molecule has 2 aromatic rings. The van der Waals surface area contributed by atoms with Crippen molar-refractivity contribution in [2.45, 2.75) is 35.5 Å². The molecule has 0 spiro atoms. The van der Waals surface area contributed by atoms with Crippen LogP contribution in [0.25, 0.3) is 0 Å². The summed E-state index contributed by atoms with van der Waals surface area (Å²) >= 11 is 4.64. The highest BCUT2D eigenvalue weighted by atomic mass is 32.2. The van der Waals surface area contributed by atoms with Crippen LogP contribution >= 0.6 is 34.4 Å². The molecule has 7 atom stereocenters. The Hall–Kier alpha value is -1.91. The van der Waals surface area contributed by atoms with Crippen LogP contribution in [0, 0.1) is 29.6 Å². The number of thiophene rings is 1. The Balaban J connectivity index is 1.36. The molecule has 10 heteroatoms. The smallest absolute Gasteiger partial charge is 0.305 e. The topological polar surface area (TPSA) is 108 Å². The first kappa shape index (κ1) is 19.8. The highest BCUT2D eigenvalue weighted by Crippen LogP contribution is 2.68. The van der Waals surface area contributed by atoms with Crippen molar-refractivity contribution in [3.63, 3.8) is 0 Å². The number of imide groups is 1. The molecule has 6 rings (SSSR count). The van der Waals surface area contributed by atoms with E-state index in [1.165, 1.54) is 21.1 Å². The summed E-state index contributed by atoms with van der Waals surface area (Å²) in [5, 5.41) is 12.1. The monoisotopic (exact) mass is 476 g/mol. The van der Waals surface area contributed by atoms with Crippen LogP contribution in [0.2, 0.25) is 0 Å². The second-order valence-corrected chi connectivity index (χ2v) is 12.0. The largest absolute Gasteiger partial charge is 0.481 e. The summed E-state index contributed by atoms with van der Waals surface area (Å²) in [6.45, 7) is 0.188. The van der Waals surface area contributed by atoms with E-state index in [9.17, 15) is 19.2 Å². The first-order chi connectivity index (χ1) is 15.0. The van der Waals surface area contributed by atoms with E-state index in [1.807, 2.05) is 11.4 Å². The van der Waals surface area contributed by atoms with E-state index in [-0.39, 0.29) is 70.4 Å². The lowest BCUT2D eigenvalue weighted by Gasteiger charge is -2.42. The molecule has 31 heavy (non-hydrogen) atoms. The highest BCUT2D eigenvalue weighted by Gasteiger charge is 2.69. The Morgan fingerprint density at radius 1 is 1.19 bits per heavy atom. The third kappa shape index (κ3) is 2.77. The van der Waals surface area contributed by atoms with Gasteiger partial charge in [-0.2, -0.15) is 0 Å². The minimum Gasteiger partial charge on any atom is -0.481 e. The van der Waals surface area contributed by atoms with Gasteiger partial charge < -0.3 is 10.1 Å². The van der Waals surface area contributed by atoms with Crippen LogP contribution in [0.1, 0.15) is 34.9 Å². The number of thioether (sulfide) groups is 1. The molecule has 7 nitrogen and oxygen atoms in total. The zero-order chi connectivity index (χ0) is 21.4. The SMILES string of the molecule is O=C(O)CCCN1C(=O)[C@@H]2[C@@H]3C[C@@H]([C@H]4Sc5[nH]c(=O)sc5[C@H](c5cccs5)[C@H]34)[C@@H]2C1=O. The summed E-state index contributed by atoms with van der Waals surface area (Å²) < 4.78 is 0. The van der Waals surface area contributed by atoms with Crippen LogP contribution in [0.3, 0.4) is 0 Å². The van der Waals surface area contributed by atoms with E-state index in [0.29, 0.717) is 6.42 Å². The number of amides is 2. The molecule has 0 aromatic carbocycles. The molecule has 2 aliphatic heterocycles. The fourth-order valence-electron chi connectivity index (χ4n) is 6.47.